The molecule has 0 fully saturated rings. The Hall–Kier alpha value is -3.21. The lowest BCUT2D eigenvalue weighted by atomic mass is 9.92. The Morgan fingerprint density at radius 2 is 1.51 bits per heavy atom. The molecule has 0 saturated carbocycles. The van der Waals surface area contributed by atoms with Crippen LogP contribution in [0.3, 0.4) is 0 Å². The van der Waals surface area contributed by atoms with E-state index in [1.807, 2.05) is 19.1 Å². The third-order valence-electron chi connectivity index (χ3n) is 6.79. The maximum absolute atomic E-state index is 11.6. The summed E-state index contributed by atoms with van der Waals surface area (Å²) in [6.45, 7) is 6.55. The van der Waals surface area contributed by atoms with E-state index in [9.17, 15) is 4.79 Å². The molecule has 35 heavy (non-hydrogen) atoms. The number of nitrogens with zero attached hydrogens (tertiary/aromatic N) is 3. The molecule has 1 aliphatic heterocycles. The van der Waals surface area contributed by atoms with Crippen LogP contribution in [0.4, 0.5) is 5.82 Å². The number of rotatable bonds is 11. The van der Waals surface area contributed by atoms with E-state index in [4.69, 9.17) is 14.7 Å². The molecule has 0 N–H and O–H groups in total. The molecule has 0 aliphatic carbocycles. The molecular weight excluding hydrogens is 434 g/mol. The fourth-order valence-electron chi connectivity index (χ4n) is 4.87. The molecule has 4 rings (SSSR count). The fourth-order valence-corrected chi connectivity index (χ4v) is 4.87. The predicted octanol–water partition coefficient (Wildman–Crippen LogP) is 7.03. The zero-order valence-corrected chi connectivity index (χ0v) is 21.1. The lowest BCUT2D eigenvalue weighted by Gasteiger charge is -2.34. The van der Waals surface area contributed by atoms with Crippen molar-refractivity contribution < 1.29 is 9.53 Å². The monoisotopic (exact) mass is 471 g/mol. The first-order chi connectivity index (χ1) is 17.2. The Morgan fingerprint density at radius 3 is 2.14 bits per heavy atom. The molecule has 2 aromatic carbocycles. The van der Waals surface area contributed by atoms with Crippen LogP contribution >= 0.6 is 0 Å². The van der Waals surface area contributed by atoms with Crippen molar-refractivity contribution in [2.45, 2.75) is 64.7 Å². The van der Waals surface area contributed by atoms with E-state index < -0.39 is 0 Å². The van der Waals surface area contributed by atoms with Crippen LogP contribution in [0.1, 0.15) is 70.4 Å². The van der Waals surface area contributed by atoms with E-state index in [-0.39, 0.29) is 5.97 Å². The maximum atomic E-state index is 11.6. The van der Waals surface area contributed by atoms with Gasteiger partial charge in [-0.3, -0.25) is 4.79 Å². The van der Waals surface area contributed by atoms with E-state index in [0.717, 1.165) is 85.6 Å². The van der Waals surface area contributed by atoms with E-state index in [1.54, 1.807) is 0 Å². The maximum Gasteiger partial charge on any atom is 0.305 e. The third-order valence-corrected chi connectivity index (χ3v) is 6.79. The highest BCUT2D eigenvalue weighted by Gasteiger charge is 2.29. The van der Waals surface area contributed by atoms with Crippen LogP contribution in [0.25, 0.3) is 22.5 Å². The second kappa shape index (κ2) is 12.5. The summed E-state index contributed by atoms with van der Waals surface area (Å²) < 4.78 is 5.03. The summed E-state index contributed by atoms with van der Waals surface area (Å²) in [6, 6.07) is 20.8. The molecule has 1 atom stereocenters. The standard InChI is InChI=1S/C30H37N3O2/c1-3-23-20-22-33(21-14-6-5-13-19-26(34)35-4-2)30-29(23)31-27(24-15-9-7-10-16-24)28(32-30)25-17-11-8-12-18-25/h7-12,15-18,23H,3-6,13-14,19-22H2,1-2H3. The van der Waals surface area contributed by atoms with Gasteiger partial charge in [0.25, 0.3) is 0 Å². The molecule has 0 amide bonds. The number of hydrogen-bond donors (Lipinski definition) is 0. The number of anilines is 1. The van der Waals surface area contributed by atoms with Gasteiger partial charge in [0.15, 0.2) is 5.82 Å². The van der Waals surface area contributed by atoms with Gasteiger partial charge in [0.1, 0.15) is 0 Å². The number of esters is 1. The molecule has 184 valence electrons. The van der Waals surface area contributed by atoms with Crippen molar-refractivity contribution in [1.82, 2.24) is 9.97 Å². The van der Waals surface area contributed by atoms with Crippen LogP contribution in [0.15, 0.2) is 60.7 Å². The molecule has 0 radical (unpaired) electrons. The minimum atomic E-state index is -0.0824. The topological polar surface area (TPSA) is 55.3 Å². The minimum absolute atomic E-state index is 0.0824. The van der Waals surface area contributed by atoms with Gasteiger partial charge in [0.2, 0.25) is 0 Å². The number of benzene rings is 2. The van der Waals surface area contributed by atoms with Gasteiger partial charge in [-0.2, -0.15) is 0 Å². The first-order valence-corrected chi connectivity index (χ1v) is 13.1. The highest BCUT2D eigenvalue weighted by Crippen LogP contribution is 2.39. The van der Waals surface area contributed by atoms with Gasteiger partial charge < -0.3 is 9.64 Å². The number of carbonyl (C=O) groups excluding carboxylic acids is 1. The van der Waals surface area contributed by atoms with Crippen molar-refractivity contribution in [2.75, 3.05) is 24.6 Å². The van der Waals surface area contributed by atoms with E-state index in [1.165, 1.54) is 0 Å². The zero-order valence-electron chi connectivity index (χ0n) is 21.1. The smallest absolute Gasteiger partial charge is 0.305 e. The molecule has 1 aromatic heterocycles. The minimum Gasteiger partial charge on any atom is -0.466 e. The van der Waals surface area contributed by atoms with Crippen molar-refractivity contribution in [3.05, 3.63) is 66.4 Å². The molecule has 1 unspecified atom stereocenters. The zero-order chi connectivity index (χ0) is 24.5. The summed E-state index contributed by atoms with van der Waals surface area (Å²) in [5, 5.41) is 0. The van der Waals surface area contributed by atoms with Gasteiger partial charge in [-0.05, 0) is 32.6 Å². The number of aromatic nitrogens is 2. The van der Waals surface area contributed by atoms with Crippen LogP contribution < -0.4 is 4.90 Å². The van der Waals surface area contributed by atoms with Gasteiger partial charge in [0, 0.05) is 36.6 Å². The lowest BCUT2D eigenvalue weighted by Crippen LogP contribution is -2.34. The van der Waals surface area contributed by atoms with Crippen LogP contribution in [0.2, 0.25) is 0 Å². The Bertz CT molecular complexity index is 1090. The number of ether oxygens (including phenoxy) is 1. The second-order valence-corrected chi connectivity index (χ2v) is 9.21. The van der Waals surface area contributed by atoms with Gasteiger partial charge in [-0.1, -0.05) is 80.4 Å². The highest BCUT2D eigenvalue weighted by atomic mass is 16.5. The highest BCUT2D eigenvalue weighted by molar-refractivity contribution is 5.79. The summed E-state index contributed by atoms with van der Waals surface area (Å²) in [7, 11) is 0. The van der Waals surface area contributed by atoms with Crippen molar-refractivity contribution >= 4 is 11.8 Å². The molecule has 3 aromatic rings. The molecule has 5 nitrogen and oxygen atoms in total. The average molecular weight is 472 g/mol. The Kier molecular flexibility index (Phi) is 8.88. The number of carbonyl (C=O) groups is 1. The second-order valence-electron chi connectivity index (χ2n) is 9.21. The fraction of sp³-hybridized carbons (Fsp3) is 0.433. The van der Waals surface area contributed by atoms with E-state index >= 15 is 0 Å². The van der Waals surface area contributed by atoms with Crippen LogP contribution in [-0.4, -0.2) is 35.6 Å². The van der Waals surface area contributed by atoms with Gasteiger partial charge in [-0.25, -0.2) is 9.97 Å². The number of unbranched alkanes of at least 4 members (excludes halogenated alkanes) is 3. The SMILES string of the molecule is CCOC(=O)CCCCCCN1CCC(CC)c2nc(-c3ccccc3)c(-c3ccccc3)nc21. The van der Waals surface area contributed by atoms with E-state index in [2.05, 4.69) is 60.4 Å². The Morgan fingerprint density at radius 1 is 0.886 bits per heavy atom. The van der Waals surface area contributed by atoms with Crippen molar-refractivity contribution in [2.24, 2.45) is 0 Å². The average Bonchev–Trinajstić information content (AvgIpc) is 2.91. The molecular formula is C30H37N3O2. The van der Waals surface area contributed by atoms with Crippen LogP contribution in [0, 0.1) is 0 Å². The first-order valence-electron chi connectivity index (χ1n) is 13.1. The van der Waals surface area contributed by atoms with E-state index in [0.29, 0.717) is 18.9 Å². The van der Waals surface area contributed by atoms with Crippen LogP contribution in [0.5, 0.6) is 0 Å². The summed E-state index contributed by atoms with van der Waals surface area (Å²) in [6.07, 6.45) is 6.83. The van der Waals surface area contributed by atoms with Crippen molar-refractivity contribution in [3.63, 3.8) is 0 Å². The third kappa shape index (κ3) is 6.27. The van der Waals surface area contributed by atoms with Gasteiger partial charge >= 0.3 is 5.97 Å². The van der Waals surface area contributed by atoms with Crippen molar-refractivity contribution in [3.8, 4) is 22.5 Å². The normalized spacial score (nSPS) is 15.0. The molecule has 5 heteroatoms. The summed E-state index contributed by atoms with van der Waals surface area (Å²) in [5.41, 5.74) is 5.26. The molecule has 1 aliphatic rings. The first kappa shape index (κ1) is 24.9. The lowest BCUT2D eigenvalue weighted by molar-refractivity contribution is -0.143. The largest absolute Gasteiger partial charge is 0.466 e. The Balaban J connectivity index is 1.56. The molecule has 0 saturated heterocycles. The summed E-state index contributed by atoms with van der Waals surface area (Å²) in [5.74, 6) is 1.40. The van der Waals surface area contributed by atoms with Gasteiger partial charge in [-0.15, -0.1) is 0 Å². The Labute approximate surface area is 209 Å². The van der Waals surface area contributed by atoms with Gasteiger partial charge in [0.05, 0.1) is 23.7 Å². The van der Waals surface area contributed by atoms with Crippen molar-refractivity contribution in [1.29, 1.82) is 0 Å². The summed E-state index contributed by atoms with van der Waals surface area (Å²) >= 11 is 0. The molecule has 0 bridgehead atoms. The van der Waals surface area contributed by atoms with Crippen LogP contribution in [-0.2, 0) is 9.53 Å². The molecule has 0 spiro atoms. The summed E-state index contributed by atoms with van der Waals surface area (Å²) in [4.78, 5) is 24.6. The quantitative estimate of drug-likeness (QED) is 0.222. The number of fused-ring (bicyclic) bond motifs is 1. The molecule has 2 heterocycles. The predicted molar refractivity (Wildman–Crippen MR) is 142 cm³/mol. The number of hydrogen-bond acceptors (Lipinski definition) is 5.